The van der Waals surface area contributed by atoms with Crippen LogP contribution >= 0.6 is 0 Å². The van der Waals surface area contributed by atoms with Crippen molar-refractivity contribution in [3.05, 3.63) is 29.8 Å². The van der Waals surface area contributed by atoms with Gasteiger partial charge in [-0.05, 0) is 19.1 Å². The summed E-state index contributed by atoms with van der Waals surface area (Å²) in [5, 5.41) is 0. The number of methoxy groups -OCH3 is 1. The molecule has 4 nitrogen and oxygen atoms in total. The normalized spacial score (nSPS) is 24.6. The van der Waals surface area contributed by atoms with E-state index in [4.69, 9.17) is 18.9 Å². The summed E-state index contributed by atoms with van der Waals surface area (Å²) in [6, 6.07) is 7.63. The Morgan fingerprint density at radius 3 is 2.62 bits per heavy atom. The van der Waals surface area contributed by atoms with Gasteiger partial charge in [0.05, 0.1) is 12.7 Å². The third kappa shape index (κ3) is 2.72. The molecule has 1 aromatic carbocycles. The van der Waals surface area contributed by atoms with Crippen molar-refractivity contribution in [2.45, 2.75) is 19.3 Å². The number of hydrogen-bond donors (Lipinski definition) is 0. The molecule has 16 heavy (non-hydrogen) atoms. The van der Waals surface area contributed by atoms with Crippen LogP contribution in [-0.4, -0.2) is 26.6 Å². The molecule has 1 aliphatic heterocycles. The monoisotopic (exact) mass is 224 g/mol. The van der Waals surface area contributed by atoms with Crippen molar-refractivity contribution in [2.75, 3.05) is 20.5 Å². The molecule has 0 aliphatic carbocycles. The lowest BCUT2D eigenvalue weighted by Gasteiger charge is -2.11. The van der Waals surface area contributed by atoms with E-state index in [1.165, 1.54) is 0 Å². The highest BCUT2D eigenvalue weighted by Crippen LogP contribution is 2.27. The molecule has 1 aromatic rings. The van der Waals surface area contributed by atoms with Gasteiger partial charge in [-0.2, -0.15) is 0 Å². The second kappa shape index (κ2) is 5.30. The average Bonchev–Trinajstić information content (AvgIpc) is 2.74. The number of ether oxygens (including phenoxy) is 4. The van der Waals surface area contributed by atoms with Gasteiger partial charge in [-0.15, -0.1) is 0 Å². The lowest BCUT2D eigenvalue weighted by Crippen LogP contribution is -2.03. The van der Waals surface area contributed by atoms with Crippen molar-refractivity contribution in [1.29, 1.82) is 0 Å². The highest BCUT2D eigenvalue weighted by molar-refractivity contribution is 5.28. The third-order valence-corrected chi connectivity index (χ3v) is 2.33. The molecule has 1 fully saturated rings. The second-order valence-electron chi connectivity index (χ2n) is 3.73. The summed E-state index contributed by atoms with van der Waals surface area (Å²) < 4.78 is 21.2. The molecule has 0 spiro atoms. The van der Waals surface area contributed by atoms with Crippen molar-refractivity contribution in [3.63, 3.8) is 0 Å². The summed E-state index contributed by atoms with van der Waals surface area (Å²) in [5.41, 5.74) is 1.01. The molecule has 88 valence electrons. The predicted octanol–water partition coefficient (Wildman–Crippen LogP) is 2.10. The Labute approximate surface area is 95.1 Å². The van der Waals surface area contributed by atoms with E-state index in [1.54, 1.807) is 7.11 Å². The zero-order chi connectivity index (χ0) is 11.4. The van der Waals surface area contributed by atoms with Gasteiger partial charge in [0, 0.05) is 12.7 Å². The molecule has 0 aromatic heterocycles. The maximum absolute atomic E-state index is 5.58. The van der Waals surface area contributed by atoms with Gasteiger partial charge in [0.2, 0.25) is 0 Å². The molecule has 4 heteroatoms. The molecular weight excluding hydrogens is 208 g/mol. The summed E-state index contributed by atoms with van der Waals surface area (Å²) in [7, 11) is 1.59. The summed E-state index contributed by atoms with van der Waals surface area (Å²) in [4.78, 5) is 0. The van der Waals surface area contributed by atoms with Crippen LogP contribution in [0.3, 0.4) is 0 Å². The Morgan fingerprint density at radius 1 is 1.31 bits per heavy atom. The Hall–Kier alpha value is -1.10. The fourth-order valence-electron chi connectivity index (χ4n) is 1.54. The topological polar surface area (TPSA) is 36.9 Å². The maximum atomic E-state index is 5.58. The van der Waals surface area contributed by atoms with E-state index in [-0.39, 0.29) is 19.2 Å². The first-order valence-corrected chi connectivity index (χ1v) is 5.28. The third-order valence-electron chi connectivity index (χ3n) is 2.33. The van der Waals surface area contributed by atoms with Crippen LogP contribution in [-0.2, 0) is 14.2 Å². The van der Waals surface area contributed by atoms with Crippen molar-refractivity contribution in [1.82, 2.24) is 0 Å². The molecular formula is C12H16O4. The molecule has 1 heterocycles. The molecule has 1 aliphatic rings. The summed E-state index contributed by atoms with van der Waals surface area (Å²) >= 11 is 0. The molecule has 2 rings (SSSR count). The lowest BCUT2D eigenvalue weighted by molar-refractivity contribution is -0.0572. The molecule has 2 unspecified atom stereocenters. The Balaban J connectivity index is 1.96. The Morgan fingerprint density at radius 2 is 2.06 bits per heavy atom. The van der Waals surface area contributed by atoms with Gasteiger partial charge in [0.15, 0.2) is 13.1 Å². The van der Waals surface area contributed by atoms with E-state index in [1.807, 2.05) is 31.2 Å². The number of hydrogen-bond acceptors (Lipinski definition) is 4. The van der Waals surface area contributed by atoms with E-state index in [0.717, 1.165) is 11.3 Å². The van der Waals surface area contributed by atoms with Crippen LogP contribution in [0.25, 0.3) is 0 Å². The van der Waals surface area contributed by atoms with Crippen molar-refractivity contribution >= 4 is 0 Å². The number of benzene rings is 1. The fraction of sp³-hybridized carbons (Fsp3) is 0.500. The molecule has 0 radical (unpaired) electrons. The Bertz CT molecular complexity index is 322. The van der Waals surface area contributed by atoms with Crippen molar-refractivity contribution < 1.29 is 18.9 Å². The lowest BCUT2D eigenvalue weighted by atomic mass is 10.2. The highest BCUT2D eigenvalue weighted by Gasteiger charge is 2.23. The molecule has 1 saturated heterocycles. The fourth-order valence-corrected chi connectivity index (χ4v) is 1.54. The molecule has 0 saturated carbocycles. The second-order valence-corrected chi connectivity index (χ2v) is 3.73. The summed E-state index contributed by atoms with van der Waals surface area (Å²) in [5.74, 6) is 0.775. The Kier molecular flexibility index (Phi) is 3.77. The minimum absolute atomic E-state index is 0.161. The number of rotatable bonds is 4. The standard InChI is InChI=1S/C12H16O4/c1-9-7-14-12(16-9)10-3-5-11(6-4-10)15-8-13-2/h3-6,9,12H,7-8H2,1-2H3. The van der Waals surface area contributed by atoms with Crippen LogP contribution in [0.1, 0.15) is 18.8 Å². The van der Waals surface area contributed by atoms with Gasteiger partial charge in [-0.3, -0.25) is 0 Å². The van der Waals surface area contributed by atoms with Gasteiger partial charge in [-0.25, -0.2) is 0 Å². The van der Waals surface area contributed by atoms with Crippen molar-refractivity contribution in [2.24, 2.45) is 0 Å². The average molecular weight is 224 g/mol. The van der Waals surface area contributed by atoms with Crippen LogP contribution in [0.2, 0.25) is 0 Å². The van der Waals surface area contributed by atoms with Crippen LogP contribution in [0.5, 0.6) is 5.75 Å². The maximum Gasteiger partial charge on any atom is 0.188 e. The highest BCUT2D eigenvalue weighted by atomic mass is 16.7. The predicted molar refractivity (Wildman–Crippen MR) is 58.2 cm³/mol. The van der Waals surface area contributed by atoms with E-state index in [2.05, 4.69) is 0 Å². The minimum Gasteiger partial charge on any atom is -0.468 e. The smallest absolute Gasteiger partial charge is 0.188 e. The van der Waals surface area contributed by atoms with Crippen LogP contribution in [0.4, 0.5) is 0 Å². The van der Waals surface area contributed by atoms with E-state index in [9.17, 15) is 0 Å². The molecule has 2 atom stereocenters. The zero-order valence-electron chi connectivity index (χ0n) is 9.51. The zero-order valence-corrected chi connectivity index (χ0v) is 9.51. The first kappa shape index (κ1) is 11.4. The van der Waals surface area contributed by atoms with Crippen LogP contribution in [0.15, 0.2) is 24.3 Å². The quantitative estimate of drug-likeness (QED) is 0.734. The van der Waals surface area contributed by atoms with Gasteiger partial charge in [-0.1, -0.05) is 12.1 Å². The van der Waals surface area contributed by atoms with Crippen LogP contribution in [0, 0.1) is 0 Å². The van der Waals surface area contributed by atoms with Crippen LogP contribution < -0.4 is 4.74 Å². The van der Waals surface area contributed by atoms with E-state index >= 15 is 0 Å². The van der Waals surface area contributed by atoms with E-state index < -0.39 is 0 Å². The van der Waals surface area contributed by atoms with Gasteiger partial charge < -0.3 is 18.9 Å². The van der Waals surface area contributed by atoms with Crippen molar-refractivity contribution in [3.8, 4) is 5.75 Å². The molecule has 0 amide bonds. The minimum atomic E-state index is -0.244. The molecule has 0 bridgehead atoms. The largest absolute Gasteiger partial charge is 0.468 e. The first-order chi connectivity index (χ1) is 7.79. The van der Waals surface area contributed by atoms with Gasteiger partial charge >= 0.3 is 0 Å². The summed E-state index contributed by atoms with van der Waals surface area (Å²) in [6.45, 7) is 2.90. The van der Waals surface area contributed by atoms with E-state index in [0.29, 0.717) is 6.61 Å². The summed E-state index contributed by atoms with van der Waals surface area (Å²) in [6.07, 6.45) is -0.0825. The van der Waals surface area contributed by atoms with Gasteiger partial charge in [0.25, 0.3) is 0 Å². The SMILES string of the molecule is COCOc1ccc(C2OCC(C)O2)cc1. The molecule has 0 N–H and O–H groups in total. The van der Waals surface area contributed by atoms with Gasteiger partial charge in [0.1, 0.15) is 5.75 Å². The first-order valence-electron chi connectivity index (χ1n) is 5.28.